The SMILES string of the molecule is COc1ccc(CNC(=S)N[C@H](C)c2cc(C)ccc2OC)cc1. The van der Waals surface area contributed by atoms with Crippen LogP contribution in [0.25, 0.3) is 0 Å². The third-order valence-electron chi connectivity index (χ3n) is 3.81. The normalized spacial score (nSPS) is 11.5. The van der Waals surface area contributed by atoms with Crippen LogP contribution in [0, 0.1) is 6.92 Å². The third-order valence-corrected chi connectivity index (χ3v) is 4.07. The number of thiocarbonyl (C=S) groups is 1. The van der Waals surface area contributed by atoms with Gasteiger partial charge in [-0.15, -0.1) is 0 Å². The first kappa shape index (κ1) is 18.1. The van der Waals surface area contributed by atoms with Crippen LogP contribution in [-0.2, 0) is 6.54 Å². The lowest BCUT2D eigenvalue weighted by atomic mass is 10.0. The van der Waals surface area contributed by atoms with Crippen LogP contribution >= 0.6 is 12.2 Å². The van der Waals surface area contributed by atoms with Gasteiger partial charge in [-0.25, -0.2) is 0 Å². The minimum atomic E-state index is 0.0516. The smallest absolute Gasteiger partial charge is 0.167 e. The Hall–Kier alpha value is -2.27. The van der Waals surface area contributed by atoms with Crippen molar-refractivity contribution in [1.29, 1.82) is 0 Å². The maximum Gasteiger partial charge on any atom is 0.167 e. The van der Waals surface area contributed by atoms with Gasteiger partial charge in [-0.05, 0) is 49.8 Å². The predicted molar refractivity (Wildman–Crippen MR) is 102 cm³/mol. The molecule has 0 bridgehead atoms. The number of nitrogens with one attached hydrogen (secondary N) is 2. The Labute approximate surface area is 149 Å². The van der Waals surface area contributed by atoms with Crippen LogP contribution in [-0.4, -0.2) is 19.3 Å². The zero-order valence-corrected chi connectivity index (χ0v) is 15.4. The first-order chi connectivity index (χ1) is 11.5. The Morgan fingerprint density at radius 1 is 1.08 bits per heavy atom. The number of hydrogen-bond acceptors (Lipinski definition) is 3. The van der Waals surface area contributed by atoms with Gasteiger partial charge in [0, 0.05) is 12.1 Å². The number of hydrogen-bond donors (Lipinski definition) is 2. The van der Waals surface area contributed by atoms with E-state index in [1.807, 2.05) is 36.4 Å². The monoisotopic (exact) mass is 344 g/mol. The number of ether oxygens (including phenoxy) is 2. The summed E-state index contributed by atoms with van der Waals surface area (Å²) in [5.41, 5.74) is 3.42. The quantitative estimate of drug-likeness (QED) is 0.782. The molecule has 0 aliphatic rings. The van der Waals surface area contributed by atoms with Gasteiger partial charge in [0.1, 0.15) is 11.5 Å². The van der Waals surface area contributed by atoms with Crippen molar-refractivity contribution in [2.75, 3.05) is 14.2 Å². The highest BCUT2D eigenvalue weighted by Gasteiger charge is 2.12. The average Bonchev–Trinajstić information content (AvgIpc) is 2.60. The number of methoxy groups -OCH3 is 2. The molecular weight excluding hydrogens is 320 g/mol. The minimum absolute atomic E-state index is 0.0516. The summed E-state index contributed by atoms with van der Waals surface area (Å²) >= 11 is 5.40. The van der Waals surface area contributed by atoms with Crippen molar-refractivity contribution in [3.8, 4) is 11.5 Å². The molecule has 4 nitrogen and oxygen atoms in total. The molecule has 128 valence electrons. The molecule has 2 rings (SSSR count). The Balaban J connectivity index is 1.92. The molecule has 0 amide bonds. The van der Waals surface area contributed by atoms with Crippen LogP contribution < -0.4 is 20.1 Å². The molecule has 1 atom stereocenters. The molecule has 0 saturated carbocycles. The number of aryl methyl sites for hydroxylation is 1. The minimum Gasteiger partial charge on any atom is -0.497 e. The number of rotatable bonds is 6. The fourth-order valence-electron chi connectivity index (χ4n) is 2.44. The van der Waals surface area contributed by atoms with Crippen LogP contribution in [0.5, 0.6) is 11.5 Å². The van der Waals surface area contributed by atoms with Crippen molar-refractivity contribution in [3.63, 3.8) is 0 Å². The molecule has 0 saturated heterocycles. The van der Waals surface area contributed by atoms with Crippen molar-refractivity contribution in [1.82, 2.24) is 10.6 Å². The molecule has 0 unspecified atom stereocenters. The lowest BCUT2D eigenvalue weighted by Crippen LogP contribution is -2.36. The molecule has 2 aromatic rings. The van der Waals surface area contributed by atoms with Gasteiger partial charge in [0.15, 0.2) is 5.11 Å². The van der Waals surface area contributed by atoms with Gasteiger partial charge in [-0.3, -0.25) is 0 Å². The molecule has 0 radical (unpaired) electrons. The Kier molecular flexibility index (Phi) is 6.44. The number of benzene rings is 2. The molecule has 0 fully saturated rings. The first-order valence-electron chi connectivity index (χ1n) is 7.85. The Morgan fingerprint density at radius 2 is 1.79 bits per heavy atom. The van der Waals surface area contributed by atoms with E-state index in [0.717, 1.165) is 22.6 Å². The van der Waals surface area contributed by atoms with Gasteiger partial charge in [0.25, 0.3) is 0 Å². The van der Waals surface area contributed by atoms with E-state index < -0.39 is 0 Å². The summed E-state index contributed by atoms with van der Waals surface area (Å²) in [5.74, 6) is 1.71. The lowest BCUT2D eigenvalue weighted by Gasteiger charge is -2.20. The van der Waals surface area contributed by atoms with Crippen molar-refractivity contribution in [3.05, 3.63) is 59.2 Å². The van der Waals surface area contributed by atoms with Crippen molar-refractivity contribution >= 4 is 17.3 Å². The van der Waals surface area contributed by atoms with E-state index in [2.05, 4.69) is 30.5 Å². The second-order valence-electron chi connectivity index (χ2n) is 5.64. The van der Waals surface area contributed by atoms with Gasteiger partial charge in [-0.1, -0.05) is 29.8 Å². The molecule has 2 N–H and O–H groups in total. The highest BCUT2D eigenvalue weighted by atomic mass is 32.1. The molecule has 24 heavy (non-hydrogen) atoms. The lowest BCUT2D eigenvalue weighted by molar-refractivity contribution is 0.405. The van der Waals surface area contributed by atoms with Crippen molar-refractivity contribution in [2.24, 2.45) is 0 Å². The van der Waals surface area contributed by atoms with E-state index in [9.17, 15) is 0 Å². The molecule has 0 aliphatic carbocycles. The standard InChI is InChI=1S/C19H24N2O2S/c1-13-5-10-18(23-4)17(11-13)14(2)21-19(24)20-12-15-6-8-16(22-3)9-7-15/h5-11,14H,12H2,1-4H3,(H2,20,21,24)/t14-/m1/s1. The van der Waals surface area contributed by atoms with E-state index in [1.165, 1.54) is 5.56 Å². The van der Waals surface area contributed by atoms with Crippen LogP contribution in [0.3, 0.4) is 0 Å². The maximum absolute atomic E-state index is 5.44. The van der Waals surface area contributed by atoms with Crippen molar-refractivity contribution in [2.45, 2.75) is 26.4 Å². The van der Waals surface area contributed by atoms with Crippen LogP contribution in [0.15, 0.2) is 42.5 Å². The van der Waals surface area contributed by atoms with Gasteiger partial charge < -0.3 is 20.1 Å². The first-order valence-corrected chi connectivity index (χ1v) is 8.26. The summed E-state index contributed by atoms with van der Waals surface area (Å²) in [5, 5.41) is 7.15. The van der Waals surface area contributed by atoms with Gasteiger partial charge in [-0.2, -0.15) is 0 Å². The fraction of sp³-hybridized carbons (Fsp3) is 0.316. The van der Waals surface area contributed by atoms with E-state index >= 15 is 0 Å². The summed E-state index contributed by atoms with van der Waals surface area (Å²) in [6.45, 7) is 4.79. The zero-order valence-electron chi connectivity index (χ0n) is 14.6. The highest BCUT2D eigenvalue weighted by Crippen LogP contribution is 2.25. The summed E-state index contributed by atoms with van der Waals surface area (Å²) in [7, 11) is 3.34. The molecule has 0 spiro atoms. The molecule has 0 aromatic heterocycles. The average molecular weight is 344 g/mol. The summed E-state index contributed by atoms with van der Waals surface area (Å²) < 4.78 is 10.6. The fourth-order valence-corrected chi connectivity index (χ4v) is 2.69. The van der Waals surface area contributed by atoms with Crippen LogP contribution in [0.4, 0.5) is 0 Å². The Morgan fingerprint density at radius 3 is 2.42 bits per heavy atom. The predicted octanol–water partition coefficient (Wildman–Crippen LogP) is 3.74. The van der Waals surface area contributed by atoms with E-state index in [4.69, 9.17) is 21.7 Å². The zero-order chi connectivity index (χ0) is 17.5. The van der Waals surface area contributed by atoms with Crippen LogP contribution in [0.2, 0.25) is 0 Å². The topological polar surface area (TPSA) is 42.5 Å². The molecular formula is C19H24N2O2S. The molecule has 0 heterocycles. The second-order valence-corrected chi connectivity index (χ2v) is 6.05. The van der Waals surface area contributed by atoms with Gasteiger partial charge in [0.05, 0.1) is 20.3 Å². The molecule has 0 aliphatic heterocycles. The van der Waals surface area contributed by atoms with E-state index in [1.54, 1.807) is 14.2 Å². The summed E-state index contributed by atoms with van der Waals surface area (Å²) in [6, 6.07) is 14.1. The van der Waals surface area contributed by atoms with Crippen molar-refractivity contribution < 1.29 is 9.47 Å². The highest BCUT2D eigenvalue weighted by molar-refractivity contribution is 7.80. The molecule has 2 aromatic carbocycles. The third kappa shape index (κ3) is 4.86. The summed E-state index contributed by atoms with van der Waals surface area (Å²) in [4.78, 5) is 0. The molecule has 5 heteroatoms. The van der Waals surface area contributed by atoms with Crippen LogP contribution in [0.1, 0.15) is 29.7 Å². The van der Waals surface area contributed by atoms with Gasteiger partial charge in [0.2, 0.25) is 0 Å². The largest absolute Gasteiger partial charge is 0.497 e. The maximum atomic E-state index is 5.44. The van der Waals surface area contributed by atoms with E-state index in [0.29, 0.717) is 11.7 Å². The second kappa shape index (κ2) is 8.55. The van der Waals surface area contributed by atoms with E-state index in [-0.39, 0.29) is 6.04 Å². The summed E-state index contributed by atoms with van der Waals surface area (Å²) in [6.07, 6.45) is 0. The van der Waals surface area contributed by atoms with Gasteiger partial charge >= 0.3 is 0 Å². The Bertz CT molecular complexity index is 686.